The van der Waals surface area contributed by atoms with Gasteiger partial charge in [-0.25, -0.2) is 0 Å². The highest BCUT2D eigenvalue weighted by molar-refractivity contribution is 9.10. The van der Waals surface area contributed by atoms with Crippen molar-refractivity contribution in [2.75, 3.05) is 12.3 Å². The molecule has 0 spiro atoms. The van der Waals surface area contributed by atoms with E-state index in [0.717, 1.165) is 22.2 Å². The average molecular weight is 344 g/mol. The fourth-order valence-corrected chi connectivity index (χ4v) is 3.13. The second-order valence-corrected chi connectivity index (χ2v) is 6.36. The van der Waals surface area contributed by atoms with E-state index in [2.05, 4.69) is 15.9 Å². The van der Waals surface area contributed by atoms with Crippen molar-refractivity contribution in [3.8, 4) is 0 Å². The fraction of sp³-hybridized carbons (Fsp3) is 0.385. The van der Waals surface area contributed by atoms with Gasteiger partial charge in [0.2, 0.25) is 5.91 Å². The number of carboxylic acids is 1. The molecule has 0 unspecified atom stereocenters. The van der Waals surface area contributed by atoms with Gasteiger partial charge in [0.05, 0.1) is 5.75 Å². The summed E-state index contributed by atoms with van der Waals surface area (Å²) in [5.74, 6) is -0.775. The van der Waals surface area contributed by atoms with Crippen LogP contribution in [-0.4, -0.2) is 40.2 Å². The van der Waals surface area contributed by atoms with E-state index in [9.17, 15) is 9.59 Å². The van der Waals surface area contributed by atoms with E-state index < -0.39 is 5.97 Å². The van der Waals surface area contributed by atoms with Gasteiger partial charge < -0.3 is 10.0 Å². The zero-order valence-corrected chi connectivity index (χ0v) is 12.6. The summed E-state index contributed by atoms with van der Waals surface area (Å²) in [7, 11) is 0. The van der Waals surface area contributed by atoms with Gasteiger partial charge in [0.1, 0.15) is 6.54 Å². The van der Waals surface area contributed by atoms with Crippen LogP contribution in [0, 0.1) is 0 Å². The largest absolute Gasteiger partial charge is 0.480 e. The van der Waals surface area contributed by atoms with Crippen molar-refractivity contribution >= 4 is 39.6 Å². The number of amides is 1. The second-order valence-electron chi connectivity index (χ2n) is 4.39. The number of aliphatic carboxylic acids is 1. The molecule has 0 radical (unpaired) electrons. The smallest absolute Gasteiger partial charge is 0.323 e. The van der Waals surface area contributed by atoms with Crippen LogP contribution in [0.2, 0.25) is 0 Å². The maximum absolute atomic E-state index is 12.0. The third-order valence-corrected chi connectivity index (χ3v) is 4.24. The molecule has 1 aromatic rings. The Morgan fingerprint density at radius 3 is 2.74 bits per heavy atom. The average Bonchev–Trinajstić information content (AvgIpc) is 3.17. The Morgan fingerprint density at radius 2 is 2.16 bits per heavy atom. The Morgan fingerprint density at radius 1 is 1.42 bits per heavy atom. The highest BCUT2D eigenvalue weighted by Gasteiger charge is 2.33. The lowest BCUT2D eigenvalue weighted by atomic mass is 10.4. The molecule has 1 aliphatic rings. The van der Waals surface area contributed by atoms with Gasteiger partial charge >= 0.3 is 5.97 Å². The first-order valence-corrected chi connectivity index (χ1v) is 7.74. The molecule has 19 heavy (non-hydrogen) atoms. The summed E-state index contributed by atoms with van der Waals surface area (Å²) in [4.78, 5) is 25.3. The number of halogens is 1. The summed E-state index contributed by atoms with van der Waals surface area (Å²) in [6.45, 7) is -0.192. The van der Waals surface area contributed by atoms with Gasteiger partial charge in [0.15, 0.2) is 0 Å². The summed E-state index contributed by atoms with van der Waals surface area (Å²) in [6.07, 6.45) is 1.83. The number of hydrogen-bond acceptors (Lipinski definition) is 3. The Balaban J connectivity index is 1.90. The van der Waals surface area contributed by atoms with Crippen LogP contribution in [-0.2, 0) is 9.59 Å². The van der Waals surface area contributed by atoms with E-state index in [-0.39, 0.29) is 24.2 Å². The molecule has 0 aromatic heterocycles. The van der Waals surface area contributed by atoms with Gasteiger partial charge in [-0.15, -0.1) is 11.8 Å². The van der Waals surface area contributed by atoms with Crippen molar-refractivity contribution in [2.45, 2.75) is 23.8 Å². The molecule has 1 fully saturated rings. The molecule has 102 valence electrons. The number of carbonyl (C=O) groups is 2. The number of carboxylic acid groups (broad SMARTS) is 1. The van der Waals surface area contributed by atoms with Crippen molar-refractivity contribution in [1.82, 2.24) is 4.90 Å². The maximum atomic E-state index is 12.0. The molecule has 1 N–H and O–H groups in total. The Bertz CT molecular complexity index is 491. The molecule has 0 bridgehead atoms. The van der Waals surface area contributed by atoms with Crippen LogP contribution in [0.1, 0.15) is 12.8 Å². The predicted molar refractivity (Wildman–Crippen MR) is 77.2 cm³/mol. The highest BCUT2D eigenvalue weighted by atomic mass is 79.9. The van der Waals surface area contributed by atoms with Crippen molar-refractivity contribution in [3.63, 3.8) is 0 Å². The summed E-state index contributed by atoms with van der Waals surface area (Å²) in [5, 5.41) is 8.82. The van der Waals surface area contributed by atoms with Gasteiger partial charge in [-0.05, 0) is 31.0 Å². The van der Waals surface area contributed by atoms with Crippen LogP contribution in [0.15, 0.2) is 33.6 Å². The van der Waals surface area contributed by atoms with Crippen LogP contribution < -0.4 is 0 Å². The molecule has 6 heteroatoms. The van der Waals surface area contributed by atoms with Crippen molar-refractivity contribution in [2.24, 2.45) is 0 Å². The Hall–Kier alpha value is -1.01. The Labute approximate surface area is 124 Å². The molecule has 1 aromatic carbocycles. The third-order valence-electron chi connectivity index (χ3n) is 2.77. The van der Waals surface area contributed by atoms with Gasteiger partial charge in [-0.1, -0.05) is 22.0 Å². The standard InChI is InChI=1S/C13H14BrNO3S/c14-9-2-1-3-11(6-9)19-8-12(16)15(7-13(17)18)10-4-5-10/h1-3,6,10H,4-5,7-8H2,(H,17,18). The molecule has 0 saturated heterocycles. The SMILES string of the molecule is O=C(O)CN(C(=O)CSc1cccc(Br)c1)C1CC1. The summed E-state index contributed by atoms with van der Waals surface area (Å²) in [6, 6.07) is 7.84. The molecule has 0 aliphatic heterocycles. The lowest BCUT2D eigenvalue weighted by molar-refractivity contribution is -0.143. The van der Waals surface area contributed by atoms with Crippen LogP contribution in [0.5, 0.6) is 0 Å². The topological polar surface area (TPSA) is 57.6 Å². The fourth-order valence-electron chi connectivity index (χ4n) is 1.74. The van der Waals surface area contributed by atoms with Crippen LogP contribution in [0.3, 0.4) is 0 Å². The van der Waals surface area contributed by atoms with E-state index >= 15 is 0 Å². The molecule has 0 heterocycles. The number of thioether (sulfide) groups is 1. The number of hydrogen-bond donors (Lipinski definition) is 1. The van der Waals surface area contributed by atoms with Gasteiger partial charge in [-0.2, -0.15) is 0 Å². The van der Waals surface area contributed by atoms with Crippen LogP contribution in [0.25, 0.3) is 0 Å². The van der Waals surface area contributed by atoms with E-state index in [4.69, 9.17) is 5.11 Å². The summed E-state index contributed by atoms with van der Waals surface area (Å²) >= 11 is 4.81. The molecule has 1 saturated carbocycles. The van der Waals surface area contributed by atoms with Gasteiger partial charge in [-0.3, -0.25) is 9.59 Å². The molecular weight excluding hydrogens is 330 g/mol. The van der Waals surface area contributed by atoms with Crippen molar-refractivity contribution in [3.05, 3.63) is 28.7 Å². The van der Waals surface area contributed by atoms with Crippen LogP contribution >= 0.6 is 27.7 Å². The van der Waals surface area contributed by atoms with Crippen molar-refractivity contribution in [1.29, 1.82) is 0 Å². The normalized spacial score (nSPS) is 14.2. The second kappa shape index (κ2) is 6.43. The monoisotopic (exact) mass is 343 g/mol. The molecule has 0 atom stereocenters. The van der Waals surface area contributed by atoms with E-state index in [1.165, 1.54) is 16.7 Å². The lowest BCUT2D eigenvalue weighted by Crippen LogP contribution is -2.38. The third kappa shape index (κ3) is 4.54. The molecule has 1 aliphatic carbocycles. The zero-order valence-electron chi connectivity index (χ0n) is 10.2. The van der Waals surface area contributed by atoms with Gasteiger partial charge in [0.25, 0.3) is 0 Å². The van der Waals surface area contributed by atoms with Crippen molar-refractivity contribution < 1.29 is 14.7 Å². The van der Waals surface area contributed by atoms with Gasteiger partial charge in [0, 0.05) is 15.4 Å². The number of rotatable bonds is 6. The molecule has 2 rings (SSSR count). The minimum absolute atomic E-state index is 0.102. The lowest BCUT2D eigenvalue weighted by Gasteiger charge is -2.19. The quantitative estimate of drug-likeness (QED) is 0.806. The predicted octanol–water partition coefficient (Wildman–Crippen LogP) is 2.62. The van der Waals surface area contributed by atoms with E-state index in [1.807, 2.05) is 24.3 Å². The minimum Gasteiger partial charge on any atom is -0.480 e. The molecule has 1 amide bonds. The minimum atomic E-state index is -0.951. The first-order chi connectivity index (χ1) is 9.06. The zero-order chi connectivity index (χ0) is 13.8. The first kappa shape index (κ1) is 14.4. The first-order valence-electron chi connectivity index (χ1n) is 5.96. The van der Waals surface area contributed by atoms with Crippen LogP contribution in [0.4, 0.5) is 0 Å². The number of nitrogens with zero attached hydrogens (tertiary/aromatic N) is 1. The summed E-state index contributed by atoms with van der Waals surface area (Å²) < 4.78 is 0.967. The van der Waals surface area contributed by atoms with E-state index in [1.54, 1.807) is 0 Å². The maximum Gasteiger partial charge on any atom is 0.323 e. The molecule has 4 nitrogen and oxygen atoms in total. The molecular formula is C13H14BrNO3S. The summed E-state index contributed by atoms with van der Waals surface area (Å²) in [5.41, 5.74) is 0. The number of carbonyl (C=O) groups excluding carboxylic acids is 1. The highest BCUT2D eigenvalue weighted by Crippen LogP contribution is 2.28. The Kier molecular flexibility index (Phi) is 4.87. The van der Waals surface area contributed by atoms with E-state index in [0.29, 0.717) is 0 Å². The number of benzene rings is 1.